The summed E-state index contributed by atoms with van der Waals surface area (Å²) in [5.74, 6) is 0.933. The first-order chi connectivity index (χ1) is 11.2. The third kappa shape index (κ3) is 2.60. The number of aryl methyl sites for hydroxylation is 2. The summed E-state index contributed by atoms with van der Waals surface area (Å²) in [4.78, 5) is 27.9. The highest BCUT2D eigenvalue weighted by Crippen LogP contribution is 2.23. The topological polar surface area (TPSA) is 59.0 Å². The van der Waals surface area contributed by atoms with E-state index in [9.17, 15) is 4.79 Å². The fraction of sp³-hybridized carbons (Fsp3) is 0.444. The Bertz CT molecular complexity index is 772. The third-order valence-electron chi connectivity index (χ3n) is 4.79. The van der Waals surface area contributed by atoms with Crippen LogP contribution >= 0.6 is 0 Å². The molecule has 0 unspecified atom stereocenters. The second-order valence-electron chi connectivity index (χ2n) is 6.33. The highest BCUT2D eigenvalue weighted by atomic mass is 16.2. The number of amides is 1. The molecule has 0 atom stereocenters. The minimum absolute atomic E-state index is 0.0720. The number of carbonyl (C=O) groups is 1. The molecule has 0 fully saturated rings. The second kappa shape index (κ2) is 5.72. The molecule has 5 nitrogen and oxygen atoms in total. The van der Waals surface area contributed by atoms with Crippen LogP contribution in [0.25, 0.3) is 0 Å². The first-order valence-corrected chi connectivity index (χ1v) is 8.31. The fourth-order valence-corrected chi connectivity index (χ4v) is 3.55. The molecule has 2 aromatic rings. The summed E-state index contributed by atoms with van der Waals surface area (Å²) < 4.78 is 0. The number of rotatable bonds is 3. The maximum absolute atomic E-state index is 12.4. The molecule has 1 aliphatic carbocycles. The van der Waals surface area contributed by atoms with Crippen LogP contribution in [0.5, 0.6) is 0 Å². The van der Waals surface area contributed by atoms with Crippen molar-refractivity contribution in [1.29, 1.82) is 0 Å². The molecule has 5 heteroatoms. The van der Waals surface area contributed by atoms with Crippen molar-refractivity contribution >= 4 is 5.91 Å². The molecule has 1 aliphatic heterocycles. The van der Waals surface area contributed by atoms with E-state index in [4.69, 9.17) is 4.98 Å². The number of aromatic nitrogens is 3. The van der Waals surface area contributed by atoms with Crippen LogP contribution in [-0.4, -0.2) is 32.3 Å². The van der Waals surface area contributed by atoms with Gasteiger partial charge in [0.25, 0.3) is 5.91 Å². The molecule has 0 saturated carbocycles. The van der Waals surface area contributed by atoms with Crippen molar-refractivity contribution in [2.24, 2.45) is 0 Å². The van der Waals surface area contributed by atoms with E-state index in [2.05, 4.69) is 16.9 Å². The maximum atomic E-state index is 12.4. The molecule has 0 saturated heterocycles. The van der Waals surface area contributed by atoms with Gasteiger partial charge in [0.2, 0.25) is 0 Å². The lowest BCUT2D eigenvalue weighted by Gasteiger charge is -2.19. The molecule has 0 radical (unpaired) electrons. The van der Waals surface area contributed by atoms with Crippen molar-refractivity contribution in [2.45, 2.75) is 45.6 Å². The molecule has 4 rings (SSSR count). The first kappa shape index (κ1) is 14.3. The Labute approximate surface area is 135 Å². The molecule has 0 N–H and O–H groups in total. The Kier molecular flexibility index (Phi) is 3.56. The lowest BCUT2D eigenvalue weighted by molar-refractivity contribution is 0.0779. The predicted octanol–water partition coefficient (Wildman–Crippen LogP) is 2.26. The minimum atomic E-state index is 0.0720. The molecule has 2 aromatic heterocycles. The van der Waals surface area contributed by atoms with Crippen LogP contribution in [0.1, 0.15) is 51.7 Å². The zero-order chi connectivity index (χ0) is 15.8. The molecular formula is C18H20N4O. The van der Waals surface area contributed by atoms with Gasteiger partial charge < -0.3 is 4.90 Å². The zero-order valence-electron chi connectivity index (χ0n) is 13.4. The summed E-state index contributed by atoms with van der Waals surface area (Å²) in [7, 11) is 0. The predicted molar refractivity (Wildman–Crippen MR) is 86.1 cm³/mol. The smallest absolute Gasteiger partial charge is 0.256 e. The molecular weight excluding hydrogens is 288 g/mol. The molecule has 0 bridgehead atoms. The molecule has 2 aliphatic rings. The van der Waals surface area contributed by atoms with E-state index in [1.54, 1.807) is 6.20 Å². The van der Waals surface area contributed by atoms with Crippen LogP contribution in [0, 0.1) is 6.92 Å². The third-order valence-corrected chi connectivity index (χ3v) is 4.79. The van der Waals surface area contributed by atoms with Gasteiger partial charge in [0.1, 0.15) is 5.82 Å². The van der Waals surface area contributed by atoms with Crippen LogP contribution in [0.4, 0.5) is 0 Å². The van der Waals surface area contributed by atoms with E-state index in [0.717, 1.165) is 35.6 Å². The number of carbonyl (C=O) groups excluding carboxylic acids is 1. The van der Waals surface area contributed by atoms with Crippen LogP contribution in [0.2, 0.25) is 0 Å². The lowest BCUT2D eigenvalue weighted by Crippen LogP contribution is -2.27. The van der Waals surface area contributed by atoms with Gasteiger partial charge in [-0.3, -0.25) is 9.78 Å². The number of nitrogens with zero attached hydrogens (tertiary/aromatic N) is 4. The van der Waals surface area contributed by atoms with Gasteiger partial charge in [0.05, 0.1) is 17.8 Å². The average molecular weight is 308 g/mol. The summed E-state index contributed by atoms with van der Waals surface area (Å²) in [5, 5.41) is 0. The van der Waals surface area contributed by atoms with Gasteiger partial charge in [-0.25, -0.2) is 9.97 Å². The number of pyridine rings is 1. The highest BCUT2D eigenvalue weighted by molar-refractivity contribution is 5.97. The Morgan fingerprint density at radius 2 is 2.04 bits per heavy atom. The van der Waals surface area contributed by atoms with E-state index in [0.29, 0.717) is 19.5 Å². The largest absolute Gasteiger partial charge is 0.332 e. The van der Waals surface area contributed by atoms with E-state index in [1.165, 1.54) is 24.1 Å². The molecule has 118 valence electrons. The van der Waals surface area contributed by atoms with Crippen molar-refractivity contribution in [3.05, 3.63) is 52.4 Å². The van der Waals surface area contributed by atoms with Crippen molar-refractivity contribution in [2.75, 3.05) is 6.54 Å². The van der Waals surface area contributed by atoms with Crippen LogP contribution in [0.15, 0.2) is 18.3 Å². The Morgan fingerprint density at radius 3 is 2.91 bits per heavy atom. The van der Waals surface area contributed by atoms with Gasteiger partial charge in [0.15, 0.2) is 0 Å². The Hall–Kier alpha value is -2.30. The van der Waals surface area contributed by atoms with Gasteiger partial charge in [-0.2, -0.15) is 0 Å². The fourth-order valence-electron chi connectivity index (χ4n) is 3.55. The summed E-state index contributed by atoms with van der Waals surface area (Å²) in [6.45, 7) is 3.32. The normalized spacial score (nSPS) is 16.4. The summed E-state index contributed by atoms with van der Waals surface area (Å²) >= 11 is 0. The molecule has 0 aromatic carbocycles. The Balaban J connectivity index is 1.48. The average Bonchev–Trinajstić information content (AvgIpc) is 2.90. The van der Waals surface area contributed by atoms with E-state index in [1.807, 2.05) is 17.0 Å². The number of fused-ring (bicyclic) bond motifs is 2. The summed E-state index contributed by atoms with van der Waals surface area (Å²) in [6.07, 6.45) is 7.06. The van der Waals surface area contributed by atoms with Crippen LogP contribution in [-0.2, 0) is 25.8 Å². The molecule has 23 heavy (non-hydrogen) atoms. The van der Waals surface area contributed by atoms with Crippen molar-refractivity contribution < 1.29 is 4.79 Å². The lowest BCUT2D eigenvalue weighted by atomic mass is 9.95. The summed E-state index contributed by atoms with van der Waals surface area (Å²) in [5.41, 5.74) is 5.28. The first-order valence-electron chi connectivity index (χ1n) is 8.31. The van der Waals surface area contributed by atoms with E-state index >= 15 is 0 Å². The van der Waals surface area contributed by atoms with Gasteiger partial charge in [-0.15, -0.1) is 0 Å². The molecule has 3 heterocycles. The summed E-state index contributed by atoms with van der Waals surface area (Å²) in [6, 6.07) is 3.67. The van der Waals surface area contributed by atoms with Crippen molar-refractivity contribution in [1.82, 2.24) is 19.9 Å². The van der Waals surface area contributed by atoms with Gasteiger partial charge in [0, 0.05) is 30.6 Å². The van der Waals surface area contributed by atoms with E-state index < -0.39 is 0 Å². The molecule has 0 spiro atoms. The van der Waals surface area contributed by atoms with Crippen molar-refractivity contribution in [3.8, 4) is 0 Å². The Morgan fingerprint density at radius 1 is 1.17 bits per heavy atom. The minimum Gasteiger partial charge on any atom is -0.332 e. The standard InChI is InChI=1S/C18H20N4O/c1-12-13-5-2-3-7-15(13)21-17(20-12)8-10-22-11-16-14(18(22)23)6-4-9-19-16/h4,6,9H,2-3,5,7-8,10-11H2,1H3. The number of hydrogen-bond acceptors (Lipinski definition) is 4. The highest BCUT2D eigenvalue weighted by Gasteiger charge is 2.28. The SMILES string of the molecule is Cc1nc(CCN2Cc3ncccc3C2=O)nc2c1CCCC2. The van der Waals surface area contributed by atoms with Gasteiger partial charge in [-0.05, 0) is 50.3 Å². The number of hydrogen-bond donors (Lipinski definition) is 0. The van der Waals surface area contributed by atoms with E-state index in [-0.39, 0.29) is 5.91 Å². The van der Waals surface area contributed by atoms with Crippen LogP contribution < -0.4 is 0 Å². The van der Waals surface area contributed by atoms with Crippen LogP contribution in [0.3, 0.4) is 0 Å². The second-order valence-corrected chi connectivity index (χ2v) is 6.33. The van der Waals surface area contributed by atoms with Gasteiger partial charge >= 0.3 is 0 Å². The molecule has 1 amide bonds. The van der Waals surface area contributed by atoms with Gasteiger partial charge in [-0.1, -0.05) is 0 Å². The monoisotopic (exact) mass is 308 g/mol. The van der Waals surface area contributed by atoms with Crippen molar-refractivity contribution in [3.63, 3.8) is 0 Å². The zero-order valence-corrected chi connectivity index (χ0v) is 13.4. The maximum Gasteiger partial charge on any atom is 0.256 e. The quantitative estimate of drug-likeness (QED) is 0.872.